The number of fused-ring (bicyclic) bond motifs is 1. The third kappa shape index (κ3) is 2.79. The van der Waals surface area contributed by atoms with Crippen molar-refractivity contribution in [1.82, 2.24) is 0 Å². The molecule has 3 N–H and O–H groups in total. The molecule has 1 aliphatic heterocycles. The van der Waals surface area contributed by atoms with Gasteiger partial charge in [0.15, 0.2) is 0 Å². The maximum atomic E-state index is 12.4. The summed E-state index contributed by atoms with van der Waals surface area (Å²) in [6, 6.07) is 3.23. The van der Waals surface area contributed by atoms with Gasteiger partial charge in [-0.2, -0.15) is 0 Å². The summed E-state index contributed by atoms with van der Waals surface area (Å²) < 4.78 is 46.8. The average Bonchev–Trinajstić information content (AvgIpc) is 3.21. The number of carbonyl (C=O) groups is 1. The van der Waals surface area contributed by atoms with Crippen molar-refractivity contribution in [2.45, 2.75) is 44.7 Å². The van der Waals surface area contributed by atoms with Gasteiger partial charge >= 0.3 is 12.3 Å². The lowest BCUT2D eigenvalue weighted by atomic mass is 9.86. The minimum Gasteiger partial charge on any atom is -0.489 e. The Kier molecular flexibility index (Phi) is 3.90. The highest BCUT2D eigenvalue weighted by atomic mass is 19.4. The zero-order valence-electron chi connectivity index (χ0n) is 13.0. The number of alkyl halides is 3. The van der Waals surface area contributed by atoms with E-state index in [4.69, 9.17) is 10.5 Å². The minimum absolute atomic E-state index is 0.0108. The van der Waals surface area contributed by atoms with Crippen LogP contribution in [0.3, 0.4) is 0 Å². The summed E-state index contributed by atoms with van der Waals surface area (Å²) in [5.41, 5.74) is 5.63. The summed E-state index contributed by atoms with van der Waals surface area (Å²) in [4.78, 5) is 11.7. The SMILES string of the molecule is CCC1CC1(C(=O)O)[C@@H]1C[C@H](N)c2ccc(OC(F)(F)F)cc2O1. The van der Waals surface area contributed by atoms with Crippen LogP contribution in [0.5, 0.6) is 11.5 Å². The highest BCUT2D eigenvalue weighted by Gasteiger charge is 2.66. The number of hydrogen-bond donors (Lipinski definition) is 2. The van der Waals surface area contributed by atoms with E-state index in [1.165, 1.54) is 12.1 Å². The van der Waals surface area contributed by atoms with Crippen LogP contribution in [0.2, 0.25) is 0 Å². The lowest BCUT2D eigenvalue weighted by Gasteiger charge is -2.34. The van der Waals surface area contributed by atoms with E-state index in [9.17, 15) is 23.1 Å². The van der Waals surface area contributed by atoms with Gasteiger partial charge in [-0.15, -0.1) is 13.2 Å². The molecule has 0 amide bonds. The van der Waals surface area contributed by atoms with Crippen LogP contribution >= 0.6 is 0 Å². The van der Waals surface area contributed by atoms with E-state index in [2.05, 4.69) is 4.74 Å². The third-order valence-electron chi connectivity index (χ3n) is 4.97. The predicted molar refractivity (Wildman–Crippen MR) is 77.6 cm³/mol. The molecule has 1 saturated carbocycles. The Balaban J connectivity index is 1.89. The molecule has 2 aliphatic rings. The highest BCUT2D eigenvalue weighted by Crippen LogP contribution is 2.60. The Morgan fingerprint density at radius 2 is 2.21 bits per heavy atom. The normalized spacial score (nSPS) is 31.8. The summed E-state index contributed by atoms with van der Waals surface area (Å²) in [6.45, 7) is 1.90. The molecule has 0 aromatic heterocycles. The van der Waals surface area contributed by atoms with Crippen LogP contribution < -0.4 is 15.2 Å². The van der Waals surface area contributed by atoms with Crippen molar-refractivity contribution in [3.63, 3.8) is 0 Å². The molecule has 8 heteroatoms. The number of ether oxygens (including phenoxy) is 2. The Morgan fingerprint density at radius 1 is 1.50 bits per heavy atom. The number of aliphatic carboxylic acids is 1. The molecule has 1 heterocycles. The van der Waals surface area contributed by atoms with Crippen molar-refractivity contribution in [2.24, 2.45) is 17.1 Å². The smallest absolute Gasteiger partial charge is 0.489 e. The quantitative estimate of drug-likeness (QED) is 0.875. The largest absolute Gasteiger partial charge is 0.573 e. The van der Waals surface area contributed by atoms with Crippen LogP contribution in [0.4, 0.5) is 13.2 Å². The molecule has 1 aromatic carbocycles. The Morgan fingerprint density at radius 3 is 2.75 bits per heavy atom. The van der Waals surface area contributed by atoms with Gasteiger partial charge in [0.05, 0.1) is 0 Å². The maximum absolute atomic E-state index is 12.4. The van der Waals surface area contributed by atoms with Gasteiger partial charge in [-0.25, -0.2) is 0 Å². The number of rotatable bonds is 4. The van der Waals surface area contributed by atoms with Crippen LogP contribution in [0.25, 0.3) is 0 Å². The van der Waals surface area contributed by atoms with Gasteiger partial charge in [-0.1, -0.05) is 19.4 Å². The lowest BCUT2D eigenvalue weighted by Crippen LogP contribution is -2.41. The van der Waals surface area contributed by atoms with Crippen LogP contribution in [0, 0.1) is 11.3 Å². The molecule has 0 radical (unpaired) electrons. The van der Waals surface area contributed by atoms with Crippen LogP contribution in [-0.4, -0.2) is 23.5 Å². The zero-order chi connectivity index (χ0) is 17.7. The molecule has 4 atom stereocenters. The third-order valence-corrected chi connectivity index (χ3v) is 4.97. The first-order valence-corrected chi connectivity index (χ1v) is 7.72. The van der Waals surface area contributed by atoms with E-state index in [0.29, 0.717) is 24.8 Å². The summed E-state index contributed by atoms with van der Waals surface area (Å²) in [7, 11) is 0. The van der Waals surface area contributed by atoms with E-state index in [1.54, 1.807) is 0 Å². The van der Waals surface area contributed by atoms with E-state index in [-0.39, 0.29) is 11.7 Å². The molecule has 3 rings (SSSR count). The first-order valence-electron chi connectivity index (χ1n) is 7.72. The highest BCUT2D eigenvalue weighted by molar-refractivity contribution is 5.79. The van der Waals surface area contributed by atoms with Crippen LogP contribution in [-0.2, 0) is 4.79 Å². The fourth-order valence-corrected chi connectivity index (χ4v) is 3.65. The lowest BCUT2D eigenvalue weighted by molar-refractivity contribution is -0.274. The molecule has 0 spiro atoms. The van der Waals surface area contributed by atoms with Gasteiger partial charge in [0, 0.05) is 24.1 Å². The Bertz CT molecular complexity index is 663. The monoisotopic (exact) mass is 345 g/mol. The van der Waals surface area contributed by atoms with E-state index in [0.717, 1.165) is 6.07 Å². The predicted octanol–water partition coefficient (Wildman–Crippen LogP) is 3.24. The number of halogens is 3. The van der Waals surface area contributed by atoms with Crippen molar-refractivity contribution < 1.29 is 32.5 Å². The second kappa shape index (κ2) is 5.54. The van der Waals surface area contributed by atoms with Crippen LogP contribution in [0.1, 0.15) is 37.8 Å². The number of benzene rings is 1. The van der Waals surface area contributed by atoms with Gasteiger partial charge in [0.2, 0.25) is 0 Å². The van der Waals surface area contributed by atoms with E-state index in [1.807, 2.05) is 6.92 Å². The number of carboxylic acid groups (broad SMARTS) is 1. The fraction of sp³-hybridized carbons (Fsp3) is 0.562. The number of hydrogen-bond acceptors (Lipinski definition) is 4. The van der Waals surface area contributed by atoms with Gasteiger partial charge in [-0.3, -0.25) is 4.79 Å². The first kappa shape index (κ1) is 16.9. The molecule has 1 aromatic rings. The molecule has 0 saturated heterocycles. The van der Waals surface area contributed by atoms with Gasteiger partial charge in [0.25, 0.3) is 0 Å². The van der Waals surface area contributed by atoms with Crippen molar-refractivity contribution in [3.8, 4) is 11.5 Å². The van der Waals surface area contributed by atoms with Gasteiger partial charge < -0.3 is 20.3 Å². The number of carboxylic acids is 1. The summed E-state index contributed by atoms with van der Waals surface area (Å²) in [5, 5.41) is 9.60. The second-order valence-corrected chi connectivity index (χ2v) is 6.35. The Hall–Kier alpha value is -1.96. The molecule has 1 fully saturated rings. The summed E-state index contributed by atoms with van der Waals surface area (Å²) in [5.74, 6) is -1.22. The van der Waals surface area contributed by atoms with Gasteiger partial charge in [0.1, 0.15) is 23.0 Å². The first-order chi connectivity index (χ1) is 11.2. The van der Waals surface area contributed by atoms with Crippen molar-refractivity contribution in [3.05, 3.63) is 23.8 Å². The van der Waals surface area contributed by atoms with Crippen LogP contribution in [0.15, 0.2) is 18.2 Å². The van der Waals surface area contributed by atoms with E-state index < -0.39 is 35.6 Å². The molecular weight excluding hydrogens is 327 g/mol. The summed E-state index contributed by atoms with van der Waals surface area (Å²) >= 11 is 0. The average molecular weight is 345 g/mol. The van der Waals surface area contributed by atoms with Crippen molar-refractivity contribution in [2.75, 3.05) is 0 Å². The molecule has 2 unspecified atom stereocenters. The van der Waals surface area contributed by atoms with E-state index >= 15 is 0 Å². The Labute approximate surface area is 136 Å². The van der Waals surface area contributed by atoms with Gasteiger partial charge in [-0.05, 0) is 18.4 Å². The fourth-order valence-electron chi connectivity index (χ4n) is 3.65. The molecule has 132 valence electrons. The summed E-state index contributed by atoms with van der Waals surface area (Å²) in [6.07, 6.45) is -3.97. The molecule has 1 aliphatic carbocycles. The molecular formula is C16H18F3NO4. The zero-order valence-corrected chi connectivity index (χ0v) is 13.0. The molecule has 5 nitrogen and oxygen atoms in total. The topological polar surface area (TPSA) is 81.8 Å². The maximum Gasteiger partial charge on any atom is 0.573 e. The second-order valence-electron chi connectivity index (χ2n) is 6.35. The molecule has 0 bridgehead atoms. The standard InChI is InChI=1S/C16H18F3NO4/c1-2-8-7-15(8,14(21)22)13-6-11(20)10-4-3-9(5-12(10)23-13)24-16(17,18)19/h3-5,8,11,13H,2,6-7,20H2,1H3,(H,21,22)/t8?,11-,13-,15?/m0/s1. The molecule has 24 heavy (non-hydrogen) atoms. The minimum atomic E-state index is -4.81. The van der Waals surface area contributed by atoms with Crippen molar-refractivity contribution in [1.29, 1.82) is 0 Å². The van der Waals surface area contributed by atoms with Crippen molar-refractivity contribution >= 4 is 5.97 Å². The number of nitrogens with two attached hydrogens (primary N) is 1.